The number of hydrogen-bond donors (Lipinski definition) is 2. The van der Waals surface area contributed by atoms with Crippen molar-refractivity contribution in [2.24, 2.45) is 0 Å². The van der Waals surface area contributed by atoms with E-state index in [4.69, 9.17) is 10.5 Å². The molecule has 17 heavy (non-hydrogen) atoms. The minimum Gasteiger partial charge on any atom is -0.387 e. The molecule has 1 aromatic heterocycles. The van der Waals surface area contributed by atoms with Gasteiger partial charge in [-0.3, -0.25) is 4.57 Å². The second kappa shape index (κ2) is 4.42. The van der Waals surface area contributed by atoms with Crippen LogP contribution in [-0.2, 0) is 4.74 Å². The summed E-state index contributed by atoms with van der Waals surface area (Å²) in [4.78, 5) is 15.0. The summed E-state index contributed by atoms with van der Waals surface area (Å²) in [5, 5.41) is 9.57. The third-order valence-electron chi connectivity index (χ3n) is 2.82. The van der Waals surface area contributed by atoms with Gasteiger partial charge in [0.2, 0.25) is 0 Å². The molecule has 1 saturated heterocycles. The third kappa shape index (κ3) is 2.03. The number of nitrogen functional groups attached to an aromatic ring is 1. The molecule has 0 saturated carbocycles. The number of hydrogen-bond acceptors (Lipinski definition) is 5. The maximum atomic E-state index is 13.8. The van der Waals surface area contributed by atoms with Crippen molar-refractivity contribution in [2.45, 2.75) is 38.0 Å². The fourth-order valence-electron chi connectivity index (χ4n) is 1.88. The van der Waals surface area contributed by atoms with Crippen LogP contribution in [0.25, 0.3) is 0 Å². The van der Waals surface area contributed by atoms with Crippen LogP contribution in [0.5, 0.6) is 0 Å². The second-order valence-corrected chi connectivity index (χ2v) is 3.95. The maximum absolute atomic E-state index is 13.8. The number of aliphatic hydroxyl groups is 1. The standard InChI is InChI=1S/C10H14FN3O3/c1-2-5-8(15)7(11)9(17-5)14-4-3-6(12)13-10(14)16/h3-5,7-9,15H,2H2,1H3,(H2,12,13,16)/t5-,7+,8-,9-/m1/s1. The molecule has 1 aliphatic heterocycles. The van der Waals surface area contributed by atoms with Gasteiger partial charge in [0.25, 0.3) is 0 Å². The Balaban J connectivity index is 2.32. The van der Waals surface area contributed by atoms with Crippen molar-refractivity contribution in [1.82, 2.24) is 9.55 Å². The van der Waals surface area contributed by atoms with E-state index in [0.29, 0.717) is 6.42 Å². The van der Waals surface area contributed by atoms with Crippen molar-refractivity contribution in [3.63, 3.8) is 0 Å². The molecule has 1 aliphatic rings. The lowest BCUT2D eigenvalue weighted by Crippen LogP contribution is -2.33. The first-order valence-corrected chi connectivity index (χ1v) is 5.37. The topological polar surface area (TPSA) is 90.4 Å². The highest BCUT2D eigenvalue weighted by Crippen LogP contribution is 2.32. The van der Waals surface area contributed by atoms with Crippen LogP contribution in [0.3, 0.4) is 0 Å². The normalized spacial score (nSPS) is 32.9. The van der Waals surface area contributed by atoms with E-state index in [0.717, 1.165) is 4.57 Å². The highest BCUT2D eigenvalue weighted by atomic mass is 19.1. The van der Waals surface area contributed by atoms with Crippen LogP contribution in [0, 0.1) is 0 Å². The van der Waals surface area contributed by atoms with Crippen LogP contribution in [0.2, 0.25) is 0 Å². The SMILES string of the molecule is CC[C@H]1O[C@@H](n2ccc(N)nc2=O)[C@@H](F)[C@@H]1O. The van der Waals surface area contributed by atoms with E-state index in [1.54, 1.807) is 6.92 Å². The molecule has 0 amide bonds. The molecule has 0 aromatic carbocycles. The molecule has 6 nitrogen and oxygen atoms in total. The lowest BCUT2D eigenvalue weighted by molar-refractivity contribution is -0.0279. The average molecular weight is 243 g/mol. The molecule has 0 bridgehead atoms. The van der Waals surface area contributed by atoms with Crippen molar-refractivity contribution in [3.8, 4) is 0 Å². The zero-order chi connectivity index (χ0) is 12.6. The van der Waals surface area contributed by atoms with Gasteiger partial charge in [0, 0.05) is 6.20 Å². The fraction of sp³-hybridized carbons (Fsp3) is 0.600. The Labute approximate surface area is 96.8 Å². The summed E-state index contributed by atoms with van der Waals surface area (Å²) in [6.07, 6.45) is -2.85. The highest BCUT2D eigenvalue weighted by molar-refractivity contribution is 5.23. The number of halogens is 1. The Hall–Kier alpha value is -1.47. The first-order valence-electron chi connectivity index (χ1n) is 5.37. The van der Waals surface area contributed by atoms with E-state index in [1.165, 1.54) is 12.3 Å². The molecule has 2 heterocycles. The number of nitrogens with zero attached hydrogens (tertiary/aromatic N) is 2. The van der Waals surface area contributed by atoms with E-state index in [-0.39, 0.29) is 5.82 Å². The van der Waals surface area contributed by atoms with Gasteiger partial charge in [0.05, 0.1) is 6.10 Å². The fourth-order valence-corrected chi connectivity index (χ4v) is 1.88. The summed E-state index contributed by atoms with van der Waals surface area (Å²) < 4.78 is 20.1. The van der Waals surface area contributed by atoms with E-state index < -0.39 is 30.3 Å². The molecular formula is C10H14FN3O3. The molecular weight excluding hydrogens is 229 g/mol. The van der Waals surface area contributed by atoms with Gasteiger partial charge in [0.1, 0.15) is 11.9 Å². The summed E-state index contributed by atoms with van der Waals surface area (Å²) in [6.45, 7) is 1.77. The number of aromatic nitrogens is 2. The van der Waals surface area contributed by atoms with Crippen molar-refractivity contribution in [1.29, 1.82) is 0 Å². The van der Waals surface area contributed by atoms with Gasteiger partial charge in [-0.15, -0.1) is 0 Å². The predicted molar refractivity (Wildman–Crippen MR) is 58.0 cm³/mol. The lowest BCUT2D eigenvalue weighted by atomic mass is 10.1. The van der Waals surface area contributed by atoms with Gasteiger partial charge in [-0.25, -0.2) is 9.18 Å². The summed E-state index contributed by atoms with van der Waals surface area (Å²) in [7, 11) is 0. The monoisotopic (exact) mass is 243 g/mol. The largest absolute Gasteiger partial charge is 0.387 e. The predicted octanol–water partition coefficient (Wildman–Crippen LogP) is -0.168. The van der Waals surface area contributed by atoms with Gasteiger partial charge in [0.15, 0.2) is 12.4 Å². The van der Waals surface area contributed by atoms with Crippen LogP contribution in [0.4, 0.5) is 10.2 Å². The molecule has 4 atom stereocenters. The number of ether oxygens (including phenoxy) is 1. The maximum Gasteiger partial charge on any atom is 0.351 e. The van der Waals surface area contributed by atoms with Gasteiger partial charge < -0.3 is 15.6 Å². The van der Waals surface area contributed by atoms with Crippen molar-refractivity contribution < 1.29 is 14.2 Å². The van der Waals surface area contributed by atoms with Crippen LogP contribution in [0.15, 0.2) is 17.1 Å². The first-order chi connectivity index (χ1) is 8.04. The van der Waals surface area contributed by atoms with E-state index >= 15 is 0 Å². The Morgan fingerprint density at radius 3 is 2.94 bits per heavy atom. The molecule has 2 rings (SSSR count). The smallest absolute Gasteiger partial charge is 0.351 e. The van der Waals surface area contributed by atoms with Crippen LogP contribution in [-0.4, -0.2) is 33.0 Å². The molecule has 0 spiro atoms. The number of anilines is 1. The molecule has 0 aliphatic carbocycles. The zero-order valence-corrected chi connectivity index (χ0v) is 9.28. The first kappa shape index (κ1) is 12.0. The van der Waals surface area contributed by atoms with Crippen molar-refractivity contribution in [2.75, 3.05) is 5.73 Å². The van der Waals surface area contributed by atoms with E-state index in [2.05, 4.69) is 4.98 Å². The van der Waals surface area contributed by atoms with Gasteiger partial charge >= 0.3 is 5.69 Å². The van der Waals surface area contributed by atoms with Gasteiger partial charge in [-0.2, -0.15) is 4.98 Å². The Bertz CT molecular complexity index is 464. The summed E-state index contributed by atoms with van der Waals surface area (Å²) in [5.41, 5.74) is 4.64. The second-order valence-electron chi connectivity index (χ2n) is 3.95. The molecule has 7 heteroatoms. The zero-order valence-electron chi connectivity index (χ0n) is 9.28. The minimum absolute atomic E-state index is 0.0623. The highest BCUT2D eigenvalue weighted by Gasteiger charge is 2.44. The van der Waals surface area contributed by atoms with Crippen LogP contribution >= 0.6 is 0 Å². The van der Waals surface area contributed by atoms with E-state index in [1.807, 2.05) is 0 Å². The Morgan fingerprint density at radius 1 is 1.71 bits per heavy atom. The van der Waals surface area contributed by atoms with Crippen LogP contribution < -0.4 is 11.4 Å². The molecule has 1 fully saturated rings. The Kier molecular flexibility index (Phi) is 3.12. The molecule has 94 valence electrons. The molecule has 1 aromatic rings. The number of rotatable bonds is 2. The van der Waals surface area contributed by atoms with Crippen molar-refractivity contribution >= 4 is 5.82 Å². The van der Waals surface area contributed by atoms with Crippen molar-refractivity contribution in [3.05, 3.63) is 22.7 Å². The summed E-state index contributed by atoms with van der Waals surface area (Å²) in [6, 6.07) is 1.38. The number of nitrogens with two attached hydrogens (primary N) is 1. The minimum atomic E-state index is -1.65. The number of alkyl halides is 1. The van der Waals surface area contributed by atoms with E-state index in [9.17, 15) is 14.3 Å². The summed E-state index contributed by atoms with van der Waals surface area (Å²) in [5.74, 6) is 0.0623. The van der Waals surface area contributed by atoms with Gasteiger partial charge in [-0.1, -0.05) is 6.92 Å². The summed E-state index contributed by atoms with van der Waals surface area (Å²) >= 11 is 0. The van der Waals surface area contributed by atoms with Gasteiger partial charge in [-0.05, 0) is 12.5 Å². The molecule has 0 unspecified atom stereocenters. The molecule has 0 radical (unpaired) electrons. The van der Waals surface area contributed by atoms with Crippen LogP contribution in [0.1, 0.15) is 19.6 Å². The number of aliphatic hydroxyl groups excluding tert-OH is 1. The quantitative estimate of drug-likeness (QED) is 0.752. The Morgan fingerprint density at radius 2 is 2.41 bits per heavy atom. The average Bonchev–Trinajstić information content (AvgIpc) is 2.57. The lowest BCUT2D eigenvalue weighted by Gasteiger charge is -2.15. The molecule has 3 N–H and O–H groups in total. The third-order valence-corrected chi connectivity index (χ3v) is 2.82.